The van der Waals surface area contributed by atoms with Crippen LogP contribution >= 0.6 is 0 Å². The minimum absolute atomic E-state index is 0.178. The average molecular weight is 199 g/mol. The van der Waals surface area contributed by atoms with Gasteiger partial charge in [-0.25, -0.2) is 0 Å². The molecule has 14 heavy (non-hydrogen) atoms. The second kappa shape index (κ2) is 3.89. The van der Waals surface area contributed by atoms with E-state index in [1.54, 1.807) is 0 Å². The minimum Gasteiger partial charge on any atom is -0.480 e. The molecule has 0 aliphatic carbocycles. The molecule has 1 heterocycles. The van der Waals surface area contributed by atoms with Gasteiger partial charge in [0.1, 0.15) is 6.04 Å². The Morgan fingerprint density at radius 1 is 1.50 bits per heavy atom. The van der Waals surface area contributed by atoms with E-state index < -0.39 is 5.97 Å². The molecule has 0 radical (unpaired) electrons. The molecule has 3 heteroatoms. The zero-order valence-electron chi connectivity index (χ0n) is 9.58. The Bertz CT molecular complexity index is 220. The van der Waals surface area contributed by atoms with Gasteiger partial charge in [0.2, 0.25) is 0 Å². The molecule has 1 aliphatic rings. The smallest absolute Gasteiger partial charge is 0.321 e. The summed E-state index contributed by atoms with van der Waals surface area (Å²) in [7, 11) is 0. The molecule has 0 aromatic heterocycles. The van der Waals surface area contributed by atoms with E-state index in [0.29, 0.717) is 0 Å². The summed E-state index contributed by atoms with van der Waals surface area (Å²) in [6.45, 7) is 10.3. The van der Waals surface area contributed by atoms with E-state index in [1.807, 2.05) is 6.92 Å². The van der Waals surface area contributed by atoms with Gasteiger partial charge in [-0.15, -0.1) is 0 Å². The van der Waals surface area contributed by atoms with E-state index in [9.17, 15) is 4.79 Å². The number of aliphatic carboxylic acids is 1. The van der Waals surface area contributed by atoms with Crippen molar-refractivity contribution in [2.45, 2.75) is 40.2 Å². The zero-order valence-corrected chi connectivity index (χ0v) is 9.58. The molecule has 1 N–H and O–H groups in total. The van der Waals surface area contributed by atoms with Crippen LogP contribution < -0.4 is 0 Å². The van der Waals surface area contributed by atoms with Crippen LogP contribution in [0.4, 0.5) is 0 Å². The van der Waals surface area contributed by atoms with E-state index >= 15 is 0 Å². The van der Waals surface area contributed by atoms with Crippen LogP contribution in [-0.2, 0) is 4.79 Å². The maximum atomic E-state index is 11.1. The van der Waals surface area contributed by atoms with Crippen molar-refractivity contribution >= 4 is 5.97 Å². The molecule has 0 spiro atoms. The van der Waals surface area contributed by atoms with Crippen molar-refractivity contribution in [2.75, 3.05) is 13.1 Å². The van der Waals surface area contributed by atoms with Crippen LogP contribution in [0.25, 0.3) is 0 Å². The fourth-order valence-electron chi connectivity index (χ4n) is 2.21. The summed E-state index contributed by atoms with van der Waals surface area (Å²) in [4.78, 5) is 13.2. The first-order chi connectivity index (χ1) is 6.31. The van der Waals surface area contributed by atoms with Gasteiger partial charge < -0.3 is 5.11 Å². The third kappa shape index (κ3) is 2.71. The molecule has 1 rings (SSSR count). The highest BCUT2D eigenvalue weighted by Gasteiger charge is 2.37. The summed E-state index contributed by atoms with van der Waals surface area (Å²) in [5.74, 6) is -0.380. The largest absolute Gasteiger partial charge is 0.480 e. The average Bonchev–Trinajstić information content (AvgIpc) is 2.27. The van der Waals surface area contributed by atoms with Crippen LogP contribution in [0.3, 0.4) is 0 Å². The summed E-state index contributed by atoms with van der Waals surface area (Å²) < 4.78 is 0. The van der Waals surface area contributed by atoms with Gasteiger partial charge in [0.15, 0.2) is 0 Å². The lowest BCUT2D eigenvalue weighted by Gasteiger charge is -2.30. The Balaban J connectivity index is 2.65. The van der Waals surface area contributed by atoms with Gasteiger partial charge in [-0.3, -0.25) is 9.69 Å². The topological polar surface area (TPSA) is 40.5 Å². The Morgan fingerprint density at radius 3 is 2.50 bits per heavy atom. The van der Waals surface area contributed by atoms with Crippen LogP contribution in [-0.4, -0.2) is 35.1 Å². The molecule has 0 saturated carbocycles. The molecule has 1 aliphatic heterocycles. The number of hydrogen-bond donors (Lipinski definition) is 1. The number of nitrogens with zero attached hydrogens (tertiary/aromatic N) is 1. The molecule has 3 nitrogen and oxygen atoms in total. The summed E-state index contributed by atoms with van der Waals surface area (Å²) in [6, 6.07) is -0.269. The first kappa shape index (κ1) is 11.5. The molecule has 0 aromatic rings. The van der Waals surface area contributed by atoms with Crippen LogP contribution in [0.15, 0.2) is 0 Å². The summed E-state index contributed by atoms with van der Waals surface area (Å²) in [5.41, 5.74) is 0.178. The molecule has 0 bridgehead atoms. The van der Waals surface area contributed by atoms with Crippen molar-refractivity contribution < 1.29 is 9.90 Å². The van der Waals surface area contributed by atoms with Crippen molar-refractivity contribution in [2.24, 2.45) is 11.3 Å². The van der Waals surface area contributed by atoms with Crippen molar-refractivity contribution in [3.05, 3.63) is 0 Å². The normalized spacial score (nSPS) is 29.4. The highest BCUT2D eigenvalue weighted by Crippen LogP contribution is 2.27. The second-order valence-corrected chi connectivity index (χ2v) is 5.58. The van der Waals surface area contributed by atoms with E-state index in [1.165, 1.54) is 0 Å². The minimum atomic E-state index is -0.667. The molecular formula is C11H21NO2. The molecule has 0 amide bonds. The summed E-state index contributed by atoms with van der Waals surface area (Å²) in [5, 5.41) is 9.11. The first-order valence-electron chi connectivity index (χ1n) is 5.28. The Morgan fingerprint density at radius 2 is 2.07 bits per heavy atom. The molecule has 0 aromatic carbocycles. The highest BCUT2D eigenvalue weighted by atomic mass is 16.4. The van der Waals surface area contributed by atoms with Crippen LogP contribution in [0.2, 0.25) is 0 Å². The standard InChI is InChI=1S/C11H21NO2/c1-8-5-6-12(7-11(2,3)4)9(8)10(13)14/h8-9H,5-7H2,1-4H3,(H,13,14). The van der Waals surface area contributed by atoms with Gasteiger partial charge in [-0.05, 0) is 24.3 Å². The Labute approximate surface area is 86.1 Å². The predicted octanol–water partition coefficient (Wildman–Crippen LogP) is 1.83. The molecule has 2 atom stereocenters. The lowest BCUT2D eigenvalue weighted by molar-refractivity contribution is -0.143. The van der Waals surface area contributed by atoms with Crippen molar-refractivity contribution in [1.82, 2.24) is 4.90 Å². The van der Waals surface area contributed by atoms with Crippen LogP contribution in [0.1, 0.15) is 34.1 Å². The first-order valence-corrected chi connectivity index (χ1v) is 5.28. The zero-order chi connectivity index (χ0) is 10.9. The van der Waals surface area contributed by atoms with E-state index in [2.05, 4.69) is 25.7 Å². The summed E-state index contributed by atoms with van der Waals surface area (Å²) in [6.07, 6.45) is 1.01. The van der Waals surface area contributed by atoms with Crippen LogP contribution in [0, 0.1) is 11.3 Å². The van der Waals surface area contributed by atoms with Gasteiger partial charge in [-0.1, -0.05) is 27.7 Å². The van der Waals surface area contributed by atoms with Gasteiger partial charge in [0, 0.05) is 6.54 Å². The third-order valence-corrected chi connectivity index (χ3v) is 2.73. The van der Waals surface area contributed by atoms with Crippen LogP contribution in [0.5, 0.6) is 0 Å². The molecule has 82 valence electrons. The van der Waals surface area contributed by atoms with Crippen molar-refractivity contribution in [3.8, 4) is 0 Å². The molecule has 2 unspecified atom stereocenters. The fourth-order valence-corrected chi connectivity index (χ4v) is 2.21. The number of carboxylic acids is 1. The maximum absolute atomic E-state index is 11.1. The molecular weight excluding hydrogens is 178 g/mol. The lowest BCUT2D eigenvalue weighted by atomic mass is 9.95. The number of likely N-dealkylation sites (tertiary alicyclic amines) is 1. The maximum Gasteiger partial charge on any atom is 0.321 e. The third-order valence-electron chi connectivity index (χ3n) is 2.73. The number of rotatable bonds is 2. The lowest BCUT2D eigenvalue weighted by Crippen LogP contribution is -2.42. The Kier molecular flexibility index (Phi) is 3.20. The fraction of sp³-hybridized carbons (Fsp3) is 0.909. The monoisotopic (exact) mass is 199 g/mol. The van der Waals surface area contributed by atoms with Gasteiger partial charge in [-0.2, -0.15) is 0 Å². The summed E-state index contributed by atoms with van der Waals surface area (Å²) >= 11 is 0. The van der Waals surface area contributed by atoms with Gasteiger partial charge in [0.25, 0.3) is 0 Å². The Hall–Kier alpha value is -0.570. The van der Waals surface area contributed by atoms with Gasteiger partial charge in [0.05, 0.1) is 0 Å². The number of hydrogen-bond acceptors (Lipinski definition) is 2. The van der Waals surface area contributed by atoms with E-state index in [-0.39, 0.29) is 17.4 Å². The molecule has 1 saturated heterocycles. The SMILES string of the molecule is CC1CCN(CC(C)(C)C)C1C(=O)O. The number of carbonyl (C=O) groups is 1. The predicted molar refractivity (Wildman–Crippen MR) is 56.2 cm³/mol. The quantitative estimate of drug-likeness (QED) is 0.737. The van der Waals surface area contributed by atoms with E-state index in [0.717, 1.165) is 19.5 Å². The van der Waals surface area contributed by atoms with Gasteiger partial charge >= 0.3 is 5.97 Å². The number of carboxylic acid groups (broad SMARTS) is 1. The van der Waals surface area contributed by atoms with Crippen molar-refractivity contribution in [3.63, 3.8) is 0 Å². The van der Waals surface area contributed by atoms with E-state index in [4.69, 9.17) is 5.11 Å². The van der Waals surface area contributed by atoms with Crippen molar-refractivity contribution in [1.29, 1.82) is 0 Å². The second-order valence-electron chi connectivity index (χ2n) is 5.58. The molecule has 1 fully saturated rings. The highest BCUT2D eigenvalue weighted by molar-refractivity contribution is 5.74.